The molecule has 0 heterocycles. The van der Waals surface area contributed by atoms with Gasteiger partial charge in [-0.2, -0.15) is 0 Å². The van der Waals surface area contributed by atoms with E-state index in [4.69, 9.17) is 4.74 Å². The molecule has 1 unspecified atom stereocenters. The molecule has 0 saturated carbocycles. The molecule has 1 aromatic rings. The summed E-state index contributed by atoms with van der Waals surface area (Å²) in [5, 5.41) is 0. The number of rotatable bonds is 4. The standard InChI is InChI=1S/C14H19NO2/c1-10(2)14(16)17-13(15(4)5)12-8-6-11(3)7-9-12/h6-9,13H,1H2,2-5H3. The molecule has 0 bridgehead atoms. The molecule has 0 aliphatic carbocycles. The summed E-state index contributed by atoms with van der Waals surface area (Å²) in [7, 11) is 3.74. The van der Waals surface area contributed by atoms with Crippen molar-refractivity contribution in [3.05, 3.63) is 47.5 Å². The minimum Gasteiger partial charge on any atom is -0.439 e. The lowest BCUT2D eigenvalue weighted by atomic mass is 10.1. The third-order valence-corrected chi connectivity index (χ3v) is 2.40. The van der Waals surface area contributed by atoms with Crippen LogP contribution < -0.4 is 0 Å². The molecule has 1 aromatic carbocycles. The van der Waals surface area contributed by atoms with Gasteiger partial charge < -0.3 is 4.74 Å². The van der Waals surface area contributed by atoms with Crippen LogP contribution in [0.4, 0.5) is 0 Å². The van der Waals surface area contributed by atoms with E-state index in [1.165, 1.54) is 5.56 Å². The van der Waals surface area contributed by atoms with E-state index in [-0.39, 0.29) is 12.2 Å². The Morgan fingerprint density at radius 1 is 1.29 bits per heavy atom. The highest BCUT2D eigenvalue weighted by Gasteiger charge is 2.18. The predicted octanol–water partition coefficient (Wildman–Crippen LogP) is 2.67. The number of nitrogens with zero attached hydrogens (tertiary/aromatic N) is 1. The molecule has 1 atom stereocenters. The van der Waals surface area contributed by atoms with Gasteiger partial charge in [0.05, 0.1) is 0 Å². The third kappa shape index (κ3) is 3.71. The maximum absolute atomic E-state index is 11.5. The Morgan fingerprint density at radius 2 is 1.82 bits per heavy atom. The minimum absolute atomic E-state index is 0.371. The largest absolute Gasteiger partial charge is 0.439 e. The lowest BCUT2D eigenvalue weighted by molar-refractivity contribution is -0.152. The first-order valence-electron chi connectivity index (χ1n) is 5.51. The van der Waals surface area contributed by atoms with Crippen molar-refractivity contribution in [2.45, 2.75) is 20.1 Å². The van der Waals surface area contributed by atoms with E-state index >= 15 is 0 Å². The molecule has 0 fully saturated rings. The van der Waals surface area contributed by atoms with Crippen LogP contribution in [0.25, 0.3) is 0 Å². The van der Waals surface area contributed by atoms with Crippen molar-refractivity contribution in [2.75, 3.05) is 14.1 Å². The zero-order valence-corrected chi connectivity index (χ0v) is 10.9. The van der Waals surface area contributed by atoms with E-state index in [2.05, 4.69) is 6.58 Å². The first kappa shape index (κ1) is 13.5. The lowest BCUT2D eigenvalue weighted by Crippen LogP contribution is -2.25. The molecular formula is C14H19NO2. The summed E-state index contributed by atoms with van der Waals surface area (Å²) >= 11 is 0. The quantitative estimate of drug-likeness (QED) is 0.455. The van der Waals surface area contributed by atoms with E-state index in [0.29, 0.717) is 5.57 Å². The number of hydrogen-bond acceptors (Lipinski definition) is 3. The van der Waals surface area contributed by atoms with Gasteiger partial charge in [-0.05, 0) is 27.9 Å². The molecule has 3 heteroatoms. The van der Waals surface area contributed by atoms with Crippen molar-refractivity contribution in [3.63, 3.8) is 0 Å². The molecular weight excluding hydrogens is 214 g/mol. The Balaban J connectivity index is 2.90. The highest BCUT2D eigenvalue weighted by Crippen LogP contribution is 2.21. The molecule has 1 rings (SSSR count). The van der Waals surface area contributed by atoms with Crippen LogP contribution in [0.15, 0.2) is 36.4 Å². The topological polar surface area (TPSA) is 29.5 Å². The summed E-state index contributed by atoms with van der Waals surface area (Å²) in [6.45, 7) is 7.25. The number of esters is 1. The van der Waals surface area contributed by atoms with Crippen LogP contribution in [0.5, 0.6) is 0 Å². The summed E-state index contributed by atoms with van der Waals surface area (Å²) < 4.78 is 5.39. The molecule has 0 N–H and O–H groups in total. The van der Waals surface area contributed by atoms with Gasteiger partial charge in [-0.25, -0.2) is 4.79 Å². The molecule has 17 heavy (non-hydrogen) atoms. The van der Waals surface area contributed by atoms with Gasteiger partial charge in [0.1, 0.15) is 0 Å². The smallest absolute Gasteiger partial charge is 0.334 e. The van der Waals surface area contributed by atoms with Gasteiger partial charge in [0.15, 0.2) is 6.23 Å². The summed E-state index contributed by atoms with van der Waals surface area (Å²) in [5.74, 6) is -0.371. The fraction of sp³-hybridized carbons (Fsp3) is 0.357. The first-order valence-corrected chi connectivity index (χ1v) is 5.51. The van der Waals surface area contributed by atoms with Gasteiger partial charge in [-0.15, -0.1) is 0 Å². The fourth-order valence-electron chi connectivity index (χ4n) is 1.40. The van der Waals surface area contributed by atoms with Crippen LogP contribution in [0.3, 0.4) is 0 Å². The second-order valence-corrected chi connectivity index (χ2v) is 4.41. The number of aryl methyl sites for hydroxylation is 1. The van der Waals surface area contributed by atoms with Gasteiger partial charge >= 0.3 is 5.97 Å². The average molecular weight is 233 g/mol. The fourth-order valence-corrected chi connectivity index (χ4v) is 1.40. The Morgan fingerprint density at radius 3 is 2.24 bits per heavy atom. The van der Waals surface area contributed by atoms with E-state index in [9.17, 15) is 4.79 Å². The molecule has 92 valence electrons. The van der Waals surface area contributed by atoms with Crippen molar-refractivity contribution in [3.8, 4) is 0 Å². The Kier molecular flexibility index (Phi) is 4.46. The Hall–Kier alpha value is -1.61. The van der Waals surface area contributed by atoms with Crippen molar-refractivity contribution >= 4 is 5.97 Å². The zero-order chi connectivity index (χ0) is 13.0. The van der Waals surface area contributed by atoms with E-state index in [1.54, 1.807) is 6.92 Å². The summed E-state index contributed by atoms with van der Waals surface area (Å²) in [5.41, 5.74) is 2.54. The maximum Gasteiger partial charge on any atom is 0.334 e. The Bertz CT molecular complexity index is 407. The predicted molar refractivity (Wildman–Crippen MR) is 68.5 cm³/mol. The average Bonchev–Trinajstić information content (AvgIpc) is 2.26. The highest BCUT2D eigenvalue weighted by molar-refractivity contribution is 5.87. The number of benzene rings is 1. The number of ether oxygens (including phenoxy) is 1. The van der Waals surface area contributed by atoms with Crippen LogP contribution in [0.2, 0.25) is 0 Å². The van der Waals surface area contributed by atoms with Crippen molar-refractivity contribution in [1.29, 1.82) is 0 Å². The monoisotopic (exact) mass is 233 g/mol. The van der Waals surface area contributed by atoms with E-state index < -0.39 is 0 Å². The van der Waals surface area contributed by atoms with Crippen LogP contribution in [0, 0.1) is 6.92 Å². The number of carbonyl (C=O) groups excluding carboxylic acids is 1. The van der Waals surface area contributed by atoms with E-state index in [1.807, 2.05) is 50.2 Å². The zero-order valence-electron chi connectivity index (χ0n) is 10.9. The van der Waals surface area contributed by atoms with Crippen LogP contribution >= 0.6 is 0 Å². The van der Waals surface area contributed by atoms with Crippen LogP contribution in [0.1, 0.15) is 24.3 Å². The minimum atomic E-state index is -0.375. The second kappa shape index (κ2) is 5.64. The van der Waals surface area contributed by atoms with Gasteiger partial charge in [-0.1, -0.05) is 36.4 Å². The second-order valence-electron chi connectivity index (χ2n) is 4.41. The van der Waals surface area contributed by atoms with Crippen molar-refractivity contribution < 1.29 is 9.53 Å². The number of hydrogen-bond donors (Lipinski definition) is 0. The van der Waals surface area contributed by atoms with Crippen LogP contribution in [-0.4, -0.2) is 25.0 Å². The first-order chi connectivity index (χ1) is 7.91. The summed E-state index contributed by atoms with van der Waals surface area (Å²) in [6.07, 6.45) is -0.375. The molecule has 0 saturated heterocycles. The molecule has 0 aliphatic rings. The van der Waals surface area contributed by atoms with E-state index in [0.717, 1.165) is 5.56 Å². The van der Waals surface area contributed by atoms with Crippen molar-refractivity contribution in [1.82, 2.24) is 4.90 Å². The molecule has 0 aromatic heterocycles. The Labute approximate surface area is 103 Å². The van der Waals surface area contributed by atoms with Gasteiger partial charge in [-0.3, -0.25) is 4.90 Å². The normalized spacial score (nSPS) is 12.3. The maximum atomic E-state index is 11.5. The summed E-state index contributed by atoms with van der Waals surface area (Å²) in [4.78, 5) is 13.4. The lowest BCUT2D eigenvalue weighted by Gasteiger charge is -2.24. The number of carbonyl (C=O) groups is 1. The molecule has 0 spiro atoms. The molecule has 0 amide bonds. The third-order valence-electron chi connectivity index (χ3n) is 2.40. The highest BCUT2D eigenvalue weighted by atomic mass is 16.6. The van der Waals surface area contributed by atoms with Crippen LogP contribution in [-0.2, 0) is 9.53 Å². The molecule has 0 radical (unpaired) electrons. The molecule has 3 nitrogen and oxygen atoms in total. The van der Waals surface area contributed by atoms with Gasteiger partial charge in [0, 0.05) is 11.1 Å². The SMILES string of the molecule is C=C(C)C(=O)OC(c1ccc(C)cc1)N(C)C. The van der Waals surface area contributed by atoms with Gasteiger partial charge in [0.2, 0.25) is 0 Å². The van der Waals surface area contributed by atoms with Gasteiger partial charge in [0.25, 0.3) is 0 Å². The van der Waals surface area contributed by atoms with Crippen molar-refractivity contribution in [2.24, 2.45) is 0 Å². The molecule has 0 aliphatic heterocycles. The summed E-state index contributed by atoms with van der Waals surface area (Å²) in [6, 6.07) is 7.93.